The number of fused-ring (bicyclic) bond motifs is 3. The van der Waals surface area contributed by atoms with Crippen molar-refractivity contribution in [3.05, 3.63) is 81.6 Å². The Labute approximate surface area is 200 Å². The molecule has 4 rings (SSSR count). The molecule has 3 aromatic rings. The van der Waals surface area contributed by atoms with Gasteiger partial charge in [-0.1, -0.05) is 44.2 Å². The first kappa shape index (κ1) is 23.6. The van der Waals surface area contributed by atoms with Gasteiger partial charge in [-0.3, -0.25) is 9.59 Å². The highest BCUT2D eigenvalue weighted by Crippen LogP contribution is 2.41. The molecule has 34 heavy (non-hydrogen) atoms. The van der Waals surface area contributed by atoms with Crippen LogP contribution < -0.4 is 20.2 Å². The first-order valence-electron chi connectivity index (χ1n) is 11.9. The zero-order chi connectivity index (χ0) is 24.2. The third-order valence-electron chi connectivity index (χ3n) is 6.54. The topological polar surface area (TPSA) is 69.6 Å². The van der Waals surface area contributed by atoms with E-state index in [2.05, 4.69) is 16.8 Å². The number of methoxy groups -OCH3 is 1. The molecule has 0 fully saturated rings. The van der Waals surface area contributed by atoms with Crippen LogP contribution >= 0.6 is 0 Å². The zero-order valence-electron chi connectivity index (χ0n) is 20.3. The zero-order valence-corrected chi connectivity index (χ0v) is 20.3. The molecule has 2 heterocycles. The predicted octanol–water partition coefficient (Wildman–Crippen LogP) is 5.14. The van der Waals surface area contributed by atoms with Crippen LogP contribution in [0.15, 0.2) is 59.5 Å². The van der Waals surface area contributed by atoms with Crippen LogP contribution in [0.3, 0.4) is 0 Å². The Balaban J connectivity index is 1.73. The van der Waals surface area contributed by atoms with Gasteiger partial charge in [-0.15, -0.1) is 0 Å². The van der Waals surface area contributed by atoms with Crippen LogP contribution in [0.4, 0.5) is 0 Å². The van der Waals surface area contributed by atoms with E-state index in [0.717, 1.165) is 41.6 Å². The number of aromatic nitrogens is 1. The van der Waals surface area contributed by atoms with Crippen molar-refractivity contribution in [2.45, 2.75) is 58.7 Å². The van der Waals surface area contributed by atoms with Crippen molar-refractivity contribution < 1.29 is 14.3 Å². The van der Waals surface area contributed by atoms with Gasteiger partial charge in [0, 0.05) is 29.9 Å². The van der Waals surface area contributed by atoms with E-state index in [4.69, 9.17) is 9.47 Å². The summed E-state index contributed by atoms with van der Waals surface area (Å²) in [6.45, 7) is 6.49. The van der Waals surface area contributed by atoms with Crippen LogP contribution in [0.5, 0.6) is 11.5 Å². The number of amides is 1. The summed E-state index contributed by atoms with van der Waals surface area (Å²) in [4.78, 5) is 25.7. The van der Waals surface area contributed by atoms with E-state index in [0.29, 0.717) is 18.1 Å². The second-order valence-corrected chi connectivity index (χ2v) is 8.83. The number of carbonyl (C=O) groups is 1. The van der Waals surface area contributed by atoms with E-state index in [1.54, 1.807) is 19.4 Å². The lowest BCUT2D eigenvalue weighted by Crippen LogP contribution is -2.36. The second-order valence-electron chi connectivity index (χ2n) is 8.83. The molecule has 1 aliphatic heterocycles. The Kier molecular flexibility index (Phi) is 7.06. The number of pyridine rings is 1. The molecule has 1 N–H and O–H groups in total. The summed E-state index contributed by atoms with van der Waals surface area (Å²) in [7, 11) is 1.62. The molecule has 0 radical (unpaired) electrons. The monoisotopic (exact) mass is 460 g/mol. The summed E-state index contributed by atoms with van der Waals surface area (Å²) in [5.74, 6) is 0.972. The summed E-state index contributed by atoms with van der Waals surface area (Å²) < 4.78 is 13.8. The van der Waals surface area contributed by atoms with Crippen molar-refractivity contribution in [1.29, 1.82) is 0 Å². The van der Waals surface area contributed by atoms with Crippen molar-refractivity contribution in [1.82, 2.24) is 9.88 Å². The number of nitrogens with one attached hydrogen (secondary N) is 1. The molecular weight excluding hydrogens is 428 g/mol. The summed E-state index contributed by atoms with van der Waals surface area (Å²) in [5.41, 5.74) is 3.81. The summed E-state index contributed by atoms with van der Waals surface area (Å²) in [6.07, 6.45) is 4.17. The third-order valence-corrected chi connectivity index (χ3v) is 6.54. The Hall–Kier alpha value is -3.54. The van der Waals surface area contributed by atoms with Crippen LogP contribution in [-0.2, 0) is 13.0 Å². The molecule has 1 aliphatic rings. The lowest BCUT2D eigenvalue weighted by molar-refractivity contribution is 0.0937. The van der Waals surface area contributed by atoms with Gasteiger partial charge in [0.2, 0.25) is 0 Å². The maximum Gasteiger partial charge on any atom is 0.256 e. The Morgan fingerprint density at radius 2 is 1.91 bits per heavy atom. The van der Waals surface area contributed by atoms with Crippen LogP contribution in [0.1, 0.15) is 61.1 Å². The van der Waals surface area contributed by atoms with Crippen LogP contribution in [0.25, 0.3) is 11.3 Å². The van der Waals surface area contributed by atoms with Gasteiger partial charge in [-0.25, -0.2) is 0 Å². The molecule has 2 aromatic carbocycles. The molecule has 6 nitrogen and oxygen atoms in total. The molecule has 2 atom stereocenters. The fourth-order valence-electron chi connectivity index (χ4n) is 4.35. The number of rotatable bonds is 8. The molecule has 0 aliphatic carbocycles. The van der Waals surface area contributed by atoms with E-state index >= 15 is 0 Å². The molecule has 0 spiro atoms. The van der Waals surface area contributed by atoms with Gasteiger partial charge >= 0.3 is 0 Å². The minimum absolute atomic E-state index is 0.00852. The molecule has 2 unspecified atom stereocenters. The van der Waals surface area contributed by atoms with E-state index < -0.39 is 0 Å². The largest absolute Gasteiger partial charge is 0.493 e. The lowest BCUT2D eigenvalue weighted by atomic mass is 9.90. The Morgan fingerprint density at radius 3 is 2.59 bits per heavy atom. The molecular formula is C28H32N2O4. The first-order chi connectivity index (χ1) is 16.4. The van der Waals surface area contributed by atoms with Gasteiger partial charge in [0.15, 0.2) is 16.9 Å². The van der Waals surface area contributed by atoms with E-state index in [9.17, 15) is 9.59 Å². The van der Waals surface area contributed by atoms with Crippen LogP contribution in [-0.4, -0.2) is 23.6 Å². The second kappa shape index (κ2) is 10.2. The SMILES string of the molecule is CCC(C)NC(=O)c1cn2c(cc1=O)-c1cc(OC)c(OCc3ccccc3)cc1CC2CC. The van der Waals surface area contributed by atoms with Gasteiger partial charge in [-0.05, 0) is 49.4 Å². The minimum atomic E-state index is -0.322. The molecule has 0 saturated heterocycles. The third kappa shape index (κ3) is 4.72. The van der Waals surface area contributed by atoms with Crippen LogP contribution in [0, 0.1) is 0 Å². The Bertz CT molecular complexity index is 1230. The van der Waals surface area contributed by atoms with Crippen molar-refractivity contribution in [2.24, 2.45) is 0 Å². The number of carbonyl (C=O) groups excluding carboxylic acids is 1. The number of benzene rings is 2. The van der Waals surface area contributed by atoms with Gasteiger partial charge in [-0.2, -0.15) is 0 Å². The average Bonchev–Trinajstić information content (AvgIpc) is 2.86. The van der Waals surface area contributed by atoms with Crippen molar-refractivity contribution in [3.8, 4) is 22.8 Å². The van der Waals surface area contributed by atoms with Gasteiger partial charge in [0.1, 0.15) is 12.2 Å². The number of hydrogen-bond acceptors (Lipinski definition) is 4. The fourth-order valence-corrected chi connectivity index (χ4v) is 4.35. The minimum Gasteiger partial charge on any atom is -0.493 e. The molecule has 6 heteroatoms. The highest BCUT2D eigenvalue weighted by molar-refractivity contribution is 5.94. The Morgan fingerprint density at radius 1 is 1.15 bits per heavy atom. The quantitative estimate of drug-likeness (QED) is 0.505. The number of ether oxygens (including phenoxy) is 2. The molecule has 1 amide bonds. The molecule has 178 valence electrons. The number of hydrogen-bond donors (Lipinski definition) is 1. The highest BCUT2D eigenvalue weighted by atomic mass is 16.5. The maximum atomic E-state index is 13.0. The summed E-state index contributed by atoms with van der Waals surface area (Å²) >= 11 is 0. The standard InChI is InChI=1S/C28H32N2O4/c1-5-18(3)29-28(32)23-16-30-21(6-2)12-20-13-27(34-17-19-10-8-7-9-11-19)26(33-4)14-22(20)24(30)15-25(23)31/h7-11,13-16,18,21H,5-6,12,17H2,1-4H3,(H,29,32). The normalized spacial score (nSPS) is 15.1. The lowest BCUT2D eigenvalue weighted by Gasteiger charge is -2.31. The van der Waals surface area contributed by atoms with Gasteiger partial charge in [0.25, 0.3) is 5.91 Å². The van der Waals surface area contributed by atoms with Gasteiger partial charge in [0.05, 0.1) is 12.8 Å². The summed E-state index contributed by atoms with van der Waals surface area (Å²) in [5, 5.41) is 2.91. The average molecular weight is 461 g/mol. The number of nitrogens with zero attached hydrogens (tertiary/aromatic N) is 1. The molecule has 0 bridgehead atoms. The van der Waals surface area contributed by atoms with E-state index in [1.165, 1.54) is 0 Å². The van der Waals surface area contributed by atoms with E-state index in [1.807, 2.05) is 56.3 Å². The maximum absolute atomic E-state index is 13.0. The van der Waals surface area contributed by atoms with Crippen LogP contribution in [0.2, 0.25) is 0 Å². The smallest absolute Gasteiger partial charge is 0.256 e. The molecule has 0 saturated carbocycles. The highest BCUT2D eigenvalue weighted by Gasteiger charge is 2.27. The molecule has 1 aromatic heterocycles. The first-order valence-corrected chi connectivity index (χ1v) is 11.9. The van der Waals surface area contributed by atoms with Crippen molar-refractivity contribution in [2.75, 3.05) is 7.11 Å². The summed E-state index contributed by atoms with van der Waals surface area (Å²) in [6, 6.07) is 15.7. The van der Waals surface area contributed by atoms with Crippen molar-refractivity contribution >= 4 is 5.91 Å². The van der Waals surface area contributed by atoms with Crippen molar-refractivity contribution in [3.63, 3.8) is 0 Å². The van der Waals surface area contributed by atoms with E-state index in [-0.39, 0.29) is 29.0 Å². The fraction of sp³-hybridized carbons (Fsp3) is 0.357. The predicted molar refractivity (Wildman–Crippen MR) is 134 cm³/mol. The van der Waals surface area contributed by atoms with Gasteiger partial charge < -0.3 is 19.4 Å².